The Bertz CT molecular complexity index is 105. The van der Waals surface area contributed by atoms with Crippen LogP contribution in [0.3, 0.4) is 0 Å². The van der Waals surface area contributed by atoms with Gasteiger partial charge in [0.05, 0.1) is 0 Å². The molecule has 0 atom stereocenters. The van der Waals surface area contributed by atoms with E-state index in [1.54, 1.807) is 0 Å². The second-order valence-electron chi connectivity index (χ2n) is 0.790. The Morgan fingerprint density at radius 3 is 3.00 bits per heavy atom. The average Bonchev–Trinajstić information content (AvgIpc) is 1.86. The second kappa shape index (κ2) is 0.954. The van der Waals surface area contributed by atoms with Gasteiger partial charge in [-0.3, -0.25) is 0 Å². The van der Waals surface area contributed by atoms with E-state index in [-0.39, 0.29) is 5.95 Å². The summed E-state index contributed by atoms with van der Waals surface area (Å²) in [7, 11) is 0. The number of aliphatic imine (C=N–C) groups is 1. The number of ether oxygens (including phenoxy) is 1. The number of aliphatic hydroxyl groups is 1. The van der Waals surface area contributed by atoms with Crippen LogP contribution >= 0.6 is 0 Å². The van der Waals surface area contributed by atoms with Gasteiger partial charge in [0.25, 0.3) is 6.20 Å². The lowest BCUT2D eigenvalue weighted by Crippen LogP contribution is -1.77. The SMILES string of the molecule is OC1=CN=[C+]O1. The molecule has 0 aromatic heterocycles. The van der Waals surface area contributed by atoms with Gasteiger partial charge in [0.1, 0.15) is 0 Å². The molecule has 30 valence electrons. The van der Waals surface area contributed by atoms with Crippen molar-refractivity contribution >= 4 is 6.40 Å². The summed E-state index contributed by atoms with van der Waals surface area (Å²) in [5, 5.41) is 8.21. The van der Waals surface area contributed by atoms with E-state index in [1.807, 2.05) is 0 Å². The number of rotatable bonds is 0. The Morgan fingerprint density at radius 1 is 2.00 bits per heavy atom. The van der Waals surface area contributed by atoms with Gasteiger partial charge in [0.2, 0.25) is 0 Å². The molecule has 0 fully saturated rings. The van der Waals surface area contributed by atoms with Gasteiger partial charge >= 0.3 is 12.3 Å². The molecular formula is C3H2NO2+. The van der Waals surface area contributed by atoms with Crippen LogP contribution in [0.1, 0.15) is 0 Å². The first-order chi connectivity index (χ1) is 2.89. The Balaban J connectivity index is 2.61. The third-order valence-electron chi connectivity index (χ3n) is 0.378. The minimum atomic E-state index is -0.199. The number of aliphatic hydroxyl groups excluding tert-OH is 1. The molecule has 3 nitrogen and oxygen atoms in total. The topological polar surface area (TPSA) is 41.8 Å². The van der Waals surface area contributed by atoms with Crippen LogP contribution in [0.25, 0.3) is 0 Å². The van der Waals surface area contributed by atoms with Crippen molar-refractivity contribution in [3.63, 3.8) is 0 Å². The summed E-state index contributed by atoms with van der Waals surface area (Å²) in [6.07, 6.45) is 3.22. The number of hydrogen-bond donors (Lipinski definition) is 1. The third kappa shape index (κ3) is 0.307. The van der Waals surface area contributed by atoms with Crippen LogP contribution in [0.15, 0.2) is 17.1 Å². The first kappa shape index (κ1) is 3.12. The van der Waals surface area contributed by atoms with Crippen LogP contribution in [0.2, 0.25) is 0 Å². The minimum Gasteiger partial charge on any atom is -0.409 e. The molecule has 1 N–H and O–H groups in total. The van der Waals surface area contributed by atoms with Gasteiger partial charge in [-0.15, -0.1) is 0 Å². The molecule has 0 unspecified atom stereocenters. The highest BCUT2D eigenvalue weighted by molar-refractivity contribution is 5.51. The van der Waals surface area contributed by atoms with Gasteiger partial charge in [-0.05, 0) is 4.99 Å². The minimum absolute atomic E-state index is 0.199. The van der Waals surface area contributed by atoms with Gasteiger partial charge in [0, 0.05) is 0 Å². The molecule has 0 aromatic rings. The zero-order chi connectivity index (χ0) is 4.41. The molecule has 0 saturated heterocycles. The quantitative estimate of drug-likeness (QED) is 0.428. The maximum absolute atomic E-state index is 8.21. The van der Waals surface area contributed by atoms with Crippen molar-refractivity contribution in [1.29, 1.82) is 0 Å². The normalized spacial score (nSPS) is 15.7. The zero-order valence-corrected chi connectivity index (χ0v) is 2.88. The van der Waals surface area contributed by atoms with E-state index in [9.17, 15) is 0 Å². The smallest absolute Gasteiger partial charge is 0.409 e. The molecule has 0 saturated carbocycles. The van der Waals surface area contributed by atoms with Crippen LogP contribution in [0.4, 0.5) is 0 Å². The first-order valence-corrected chi connectivity index (χ1v) is 1.40. The van der Waals surface area contributed by atoms with E-state index in [1.165, 1.54) is 6.20 Å². The molecule has 0 aromatic carbocycles. The van der Waals surface area contributed by atoms with E-state index >= 15 is 0 Å². The van der Waals surface area contributed by atoms with Crippen molar-refractivity contribution in [2.24, 2.45) is 4.99 Å². The summed E-state index contributed by atoms with van der Waals surface area (Å²) in [5.74, 6) is -0.199. The maximum Gasteiger partial charge on any atom is 0.470 e. The molecule has 0 spiro atoms. The van der Waals surface area contributed by atoms with Crippen molar-refractivity contribution in [3.05, 3.63) is 12.1 Å². The highest BCUT2D eigenvalue weighted by Gasteiger charge is 2.08. The third-order valence-corrected chi connectivity index (χ3v) is 0.378. The van der Waals surface area contributed by atoms with E-state index < -0.39 is 0 Å². The van der Waals surface area contributed by atoms with Gasteiger partial charge in [0.15, 0.2) is 0 Å². The van der Waals surface area contributed by atoms with Crippen LogP contribution in [-0.2, 0) is 4.74 Å². The number of hydrogen-bond acceptors (Lipinski definition) is 3. The van der Waals surface area contributed by atoms with Crippen LogP contribution in [-0.4, -0.2) is 11.5 Å². The summed E-state index contributed by atoms with van der Waals surface area (Å²) < 4.78 is 4.15. The lowest BCUT2D eigenvalue weighted by Gasteiger charge is -1.65. The van der Waals surface area contributed by atoms with Crippen molar-refractivity contribution in [2.45, 2.75) is 0 Å². The summed E-state index contributed by atoms with van der Waals surface area (Å²) >= 11 is 0. The first-order valence-electron chi connectivity index (χ1n) is 1.40. The molecule has 0 bridgehead atoms. The highest BCUT2D eigenvalue weighted by atomic mass is 16.6. The van der Waals surface area contributed by atoms with Crippen LogP contribution in [0, 0.1) is 0 Å². The van der Waals surface area contributed by atoms with Crippen molar-refractivity contribution in [1.82, 2.24) is 0 Å². The summed E-state index contributed by atoms with van der Waals surface area (Å²) in [6.45, 7) is 0. The summed E-state index contributed by atoms with van der Waals surface area (Å²) in [4.78, 5) is 3.28. The molecule has 1 aliphatic heterocycles. The predicted molar refractivity (Wildman–Crippen MR) is 19.2 cm³/mol. The lowest BCUT2D eigenvalue weighted by atomic mass is 10.9. The van der Waals surface area contributed by atoms with Gasteiger partial charge in [-0.25, -0.2) is 4.74 Å². The largest absolute Gasteiger partial charge is 0.470 e. The van der Waals surface area contributed by atoms with Crippen molar-refractivity contribution in [2.75, 3.05) is 0 Å². The van der Waals surface area contributed by atoms with E-state index in [0.717, 1.165) is 0 Å². The monoisotopic (exact) mass is 84.0 g/mol. The molecule has 1 rings (SSSR count). The van der Waals surface area contributed by atoms with Crippen molar-refractivity contribution < 1.29 is 9.84 Å². The van der Waals surface area contributed by atoms with Crippen LogP contribution < -0.4 is 0 Å². The van der Waals surface area contributed by atoms with Gasteiger partial charge < -0.3 is 5.11 Å². The van der Waals surface area contributed by atoms with Crippen LogP contribution in [0.5, 0.6) is 0 Å². The summed E-state index contributed by atoms with van der Waals surface area (Å²) in [5.41, 5.74) is 0. The molecular weight excluding hydrogens is 82.0 g/mol. The molecule has 1 heterocycles. The standard InChI is InChI=1S/C3HNO2/c5-3-1-4-2-6-3/h1H/p+1. The Labute approximate surface area is 34.6 Å². The molecule has 6 heavy (non-hydrogen) atoms. The van der Waals surface area contributed by atoms with E-state index in [2.05, 4.69) is 16.1 Å². The fourth-order valence-electron chi connectivity index (χ4n) is 0.181. The Kier molecular flexibility index (Phi) is 0.496. The lowest BCUT2D eigenvalue weighted by molar-refractivity contribution is 0.215. The van der Waals surface area contributed by atoms with Crippen molar-refractivity contribution in [3.8, 4) is 0 Å². The second-order valence-corrected chi connectivity index (χ2v) is 0.790. The Morgan fingerprint density at radius 2 is 2.83 bits per heavy atom. The molecule has 3 heteroatoms. The molecule has 0 amide bonds. The molecule has 0 aliphatic carbocycles. The van der Waals surface area contributed by atoms with E-state index in [0.29, 0.717) is 0 Å². The molecule has 0 radical (unpaired) electrons. The maximum atomic E-state index is 8.21. The zero-order valence-electron chi connectivity index (χ0n) is 2.88. The fourth-order valence-corrected chi connectivity index (χ4v) is 0.181. The summed E-state index contributed by atoms with van der Waals surface area (Å²) in [6, 6.07) is 0. The van der Waals surface area contributed by atoms with Gasteiger partial charge in [-0.1, -0.05) is 0 Å². The fraction of sp³-hybridized carbons (Fsp3) is 0. The average molecular weight is 84.1 g/mol. The number of nitrogens with zero attached hydrogens (tertiary/aromatic N) is 1. The molecule has 1 aliphatic rings. The van der Waals surface area contributed by atoms with Gasteiger partial charge in [-0.2, -0.15) is 0 Å². The predicted octanol–water partition coefficient (Wildman–Crippen LogP) is 0.279. The highest BCUT2D eigenvalue weighted by Crippen LogP contribution is 1.94. The van der Waals surface area contributed by atoms with E-state index in [4.69, 9.17) is 5.11 Å². The Hall–Kier alpha value is -1.08.